The van der Waals surface area contributed by atoms with Crippen LogP contribution in [0.2, 0.25) is 0 Å². The molecule has 12 nitrogen and oxygen atoms in total. The number of benzene rings is 2. The van der Waals surface area contributed by atoms with Gasteiger partial charge < -0.3 is 19.3 Å². The number of hydrogen-bond donors (Lipinski definition) is 1. The van der Waals surface area contributed by atoms with Crippen molar-refractivity contribution in [1.82, 2.24) is 15.0 Å². The second kappa shape index (κ2) is 9.66. The first-order chi connectivity index (χ1) is 15.3. The number of methoxy groups -OCH3 is 2. The summed E-state index contributed by atoms with van der Waals surface area (Å²) in [4.78, 5) is 35.7. The largest absolute Gasteiger partial charge is 0.497 e. The molecule has 0 aliphatic heterocycles. The molecule has 0 radical (unpaired) electrons. The Hall–Kier alpha value is -4.32. The molecule has 1 N–H and O–H groups in total. The summed E-state index contributed by atoms with van der Waals surface area (Å²) >= 11 is 0. The zero-order valence-corrected chi connectivity index (χ0v) is 17.0. The van der Waals surface area contributed by atoms with Crippen LogP contribution < -0.4 is 9.47 Å². The summed E-state index contributed by atoms with van der Waals surface area (Å²) in [6.45, 7) is -0.139. The third-order valence-electron chi connectivity index (χ3n) is 4.40. The Labute approximate surface area is 181 Å². The highest BCUT2D eigenvalue weighted by Gasteiger charge is 2.31. The van der Waals surface area contributed by atoms with Gasteiger partial charge in [-0.25, -0.2) is 9.48 Å². The van der Waals surface area contributed by atoms with Crippen LogP contribution in [0.25, 0.3) is 0 Å². The van der Waals surface area contributed by atoms with Gasteiger partial charge in [0.2, 0.25) is 11.5 Å². The van der Waals surface area contributed by atoms with Crippen molar-refractivity contribution in [1.29, 1.82) is 0 Å². The fourth-order valence-electron chi connectivity index (χ4n) is 2.90. The minimum Gasteiger partial charge on any atom is -0.497 e. The third kappa shape index (κ3) is 4.70. The number of carbonyl (C=O) groups excluding carboxylic acids is 1. The van der Waals surface area contributed by atoms with Crippen molar-refractivity contribution in [2.45, 2.75) is 6.54 Å². The molecule has 1 heterocycles. The fourth-order valence-corrected chi connectivity index (χ4v) is 2.90. The highest BCUT2D eigenvalue weighted by Crippen LogP contribution is 2.28. The van der Waals surface area contributed by atoms with Crippen molar-refractivity contribution < 1.29 is 33.8 Å². The smallest absolute Gasteiger partial charge is 0.358 e. The Morgan fingerprint density at radius 1 is 1.12 bits per heavy atom. The van der Waals surface area contributed by atoms with Crippen molar-refractivity contribution in [2.75, 3.05) is 21.0 Å². The third-order valence-corrected chi connectivity index (χ3v) is 4.40. The zero-order chi connectivity index (χ0) is 23.3. The van der Waals surface area contributed by atoms with Crippen molar-refractivity contribution >= 4 is 17.4 Å². The number of carbonyl (C=O) groups is 2. The van der Waals surface area contributed by atoms with E-state index in [0.29, 0.717) is 11.3 Å². The van der Waals surface area contributed by atoms with Crippen LogP contribution >= 0.6 is 0 Å². The number of nitro groups is 1. The molecular formula is C20H18N4O8. The van der Waals surface area contributed by atoms with Crippen LogP contribution in [0.4, 0.5) is 5.69 Å². The first-order valence-corrected chi connectivity index (χ1v) is 9.10. The molecule has 32 heavy (non-hydrogen) atoms. The molecule has 1 aromatic heterocycles. The molecular weight excluding hydrogens is 424 g/mol. The summed E-state index contributed by atoms with van der Waals surface area (Å²) < 4.78 is 16.1. The molecule has 12 heteroatoms. The summed E-state index contributed by atoms with van der Waals surface area (Å²) in [6.07, 6.45) is 0. The molecule has 0 unspecified atom stereocenters. The number of aromatic nitrogens is 3. The first-order valence-electron chi connectivity index (χ1n) is 9.10. The van der Waals surface area contributed by atoms with E-state index in [-0.39, 0.29) is 30.3 Å². The molecule has 0 amide bonds. The van der Waals surface area contributed by atoms with Crippen LogP contribution in [0.3, 0.4) is 0 Å². The molecule has 3 rings (SSSR count). The number of ether oxygens (including phenoxy) is 3. The summed E-state index contributed by atoms with van der Waals surface area (Å²) in [6, 6.07) is 10.4. The number of nitro benzene ring substituents is 1. The summed E-state index contributed by atoms with van der Waals surface area (Å²) in [5.41, 5.74) is -1.21. The molecule has 0 spiro atoms. The Balaban J connectivity index is 2.04. The maximum atomic E-state index is 13.2. The Morgan fingerprint density at radius 2 is 1.81 bits per heavy atom. The van der Waals surface area contributed by atoms with Crippen LogP contribution in [0.1, 0.15) is 32.1 Å². The zero-order valence-electron chi connectivity index (χ0n) is 17.0. The van der Waals surface area contributed by atoms with Crippen LogP contribution in [-0.4, -0.2) is 57.8 Å². The molecule has 166 valence electrons. The molecule has 2 aromatic carbocycles. The molecule has 0 aliphatic carbocycles. The number of carboxylic acid groups (broad SMARTS) is 1. The molecule has 3 aromatic rings. The van der Waals surface area contributed by atoms with Gasteiger partial charge in [-0.1, -0.05) is 17.3 Å². The number of carboxylic acids is 1. The van der Waals surface area contributed by atoms with E-state index >= 15 is 0 Å². The standard InChI is InChI=1S/C20H18N4O8/c1-30-11-32-14-7-8-15(16(9-14)24(28)29)19(25)18-17(20(26)27)21-22-23(18)10-12-3-5-13(31-2)6-4-12/h3-9H,10-11H2,1-2H3,(H,26,27). The van der Waals surface area contributed by atoms with Crippen molar-refractivity contribution in [3.05, 3.63) is 75.1 Å². The summed E-state index contributed by atoms with van der Waals surface area (Å²) in [5.74, 6) is -1.68. The number of nitrogens with zero attached hydrogens (tertiary/aromatic N) is 4. The van der Waals surface area contributed by atoms with Gasteiger partial charge in [-0.2, -0.15) is 0 Å². The van der Waals surface area contributed by atoms with Gasteiger partial charge in [0, 0.05) is 7.11 Å². The van der Waals surface area contributed by atoms with Gasteiger partial charge in [0.25, 0.3) is 5.69 Å². The number of hydrogen-bond acceptors (Lipinski definition) is 9. The van der Waals surface area contributed by atoms with Crippen LogP contribution in [0.15, 0.2) is 42.5 Å². The Morgan fingerprint density at radius 3 is 2.41 bits per heavy atom. The lowest BCUT2D eigenvalue weighted by molar-refractivity contribution is -0.385. The van der Waals surface area contributed by atoms with Crippen LogP contribution in [0.5, 0.6) is 11.5 Å². The minimum absolute atomic E-state index is 0.00811. The Kier molecular flexibility index (Phi) is 6.75. The van der Waals surface area contributed by atoms with Crippen molar-refractivity contribution in [3.8, 4) is 11.5 Å². The second-order valence-electron chi connectivity index (χ2n) is 6.41. The summed E-state index contributed by atoms with van der Waals surface area (Å²) in [5, 5.41) is 28.4. The lowest BCUT2D eigenvalue weighted by atomic mass is 10.0. The van der Waals surface area contributed by atoms with Crippen LogP contribution in [0, 0.1) is 10.1 Å². The van der Waals surface area contributed by atoms with Crippen molar-refractivity contribution in [2.24, 2.45) is 0 Å². The van der Waals surface area contributed by atoms with Gasteiger partial charge in [-0.15, -0.1) is 5.10 Å². The van der Waals surface area contributed by atoms with E-state index in [0.717, 1.165) is 10.7 Å². The molecule has 0 fully saturated rings. The van der Waals surface area contributed by atoms with Crippen LogP contribution in [-0.2, 0) is 11.3 Å². The van der Waals surface area contributed by atoms with Gasteiger partial charge in [0.15, 0.2) is 6.79 Å². The Bertz CT molecular complexity index is 1160. The minimum atomic E-state index is -1.49. The van der Waals surface area contributed by atoms with E-state index in [4.69, 9.17) is 14.2 Å². The summed E-state index contributed by atoms with van der Waals surface area (Å²) in [7, 11) is 2.90. The van der Waals surface area contributed by atoms with E-state index in [9.17, 15) is 24.8 Å². The predicted octanol–water partition coefficient (Wildman–Crippen LogP) is 2.16. The van der Waals surface area contributed by atoms with E-state index in [1.54, 1.807) is 24.3 Å². The maximum Gasteiger partial charge on any atom is 0.358 e. The molecule has 0 bridgehead atoms. The monoisotopic (exact) mass is 442 g/mol. The quantitative estimate of drug-likeness (QED) is 0.214. The van der Waals surface area contributed by atoms with E-state index < -0.39 is 28.1 Å². The number of ketones is 1. The molecule has 0 aliphatic rings. The predicted molar refractivity (Wildman–Crippen MR) is 108 cm³/mol. The highest BCUT2D eigenvalue weighted by atomic mass is 16.7. The molecule has 0 saturated heterocycles. The van der Waals surface area contributed by atoms with E-state index in [1.807, 2.05) is 0 Å². The van der Waals surface area contributed by atoms with Gasteiger partial charge in [0.1, 0.15) is 22.8 Å². The highest BCUT2D eigenvalue weighted by molar-refractivity contribution is 6.14. The lowest BCUT2D eigenvalue weighted by Crippen LogP contribution is -2.17. The van der Waals surface area contributed by atoms with Gasteiger partial charge in [-0.3, -0.25) is 14.9 Å². The topological polar surface area (TPSA) is 156 Å². The van der Waals surface area contributed by atoms with Gasteiger partial charge in [-0.05, 0) is 29.8 Å². The molecule has 0 saturated carbocycles. The average molecular weight is 442 g/mol. The number of rotatable bonds is 10. The lowest BCUT2D eigenvalue weighted by Gasteiger charge is -2.09. The van der Waals surface area contributed by atoms with E-state index in [2.05, 4.69) is 10.3 Å². The van der Waals surface area contributed by atoms with E-state index in [1.165, 1.54) is 26.4 Å². The van der Waals surface area contributed by atoms with Gasteiger partial charge >= 0.3 is 5.97 Å². The SMILES string of the molecule is COCOc1ccc(C(=O)c2c(C(=O)O)nnn2Cc2ccc(OC)cc2)c([N+](=O)[O-])c1. The van der Waals surface area contributed by atoms with Crippen molar-refractivity contribution in [3.63, 3.8) is 0 Å². The normalized spacial score (nSPS) is 10.6. The maximum absolute atomic E-state index is 13.2. The fraction of sp³-hybridized carbons (Fsp3) is 0.200. The van der Waals surface area contributed by atoms with Gasteiger partial charge in [0.05, 0.1) is 24.6 Å². The number of aromatic carboxylic acids is 1. The first kappa shape index (κ1) is 22.4. The average Bonchev–Trinajstić information content (AvgIpc) is 3.21. The molecule has 0 atom stereocenters. The second-order valence-corrected chi connectivity index (χ2v) is 6.41.